The van der Waals surface area contributed by atoms with Gasteiger partial charge in [0.25, 0.3) is 0 Å². The van der Waals surface area contributed by atoms with Crippen LogP contribution >= 0.6 is 0 Å². The zero-order chi connectivity index (χ0) is 15.5. The van der Waals surface area contributed by atoms with Gasteiger partial charge in [-0.1, -0.05) is 29.8 Å². The van der Waals surface area contributed by atoms with Crippen LogP contribution in [-0.4, -0.2) is 17.0 Å². The first-order chi connectivity index (χ1) is 9.26. The van der Waals surface area contributed by atoms with Crippen molar-refractivity contribution in [2.75, 3.05) is 5.32 Å². The number of hydrogen-bond acceptors (Lipinski definition) is 3. The lowest BCUT2D eigenvalue weighted by atomic mass is 9.85. The number of oxime groups is 1. The van der Waals surface area contributed by atoms with E-state index in [4.69, 9.17) is 10.9 Å². The van der Waals surface area contributed by atoms with Crippen molar-refractivity contribution in [3.63, 3.8) is 0 Å². The van der Waals surface area contributed by atoms with Crippen molar-refractivity contribution in [3.8, 4) is 0 Å². The summed E-state index contributed by atoms with van der Waals surface area (Å²) in [5, 5.41) is 14.7. The summed E-state index contributed by atoms with van der Waals surface area (Å²) in [4.78, 5) is 12.5. The Morgan fingerprint density at radius 2 is 1.85 bits per heavy atom. The number of hydrogen-bond donors (Lipinski definition) is 3. The number of aryl methyl sites for hydroxylation is 3. The van der Waals surface area contributed by atoms with Crippen LogP contribution in [-0.2, 0) is 4.79 Å². The smallest absolute Gasteiger partial charge is 0.238 e. The number of benzene rings is 1. The van der Waals surface area contributed by atoms with Gasteiger partial charge in [0, 0.05) is 5.69 Å². The number of carbonyl (C=O) groups is 1. The number of anilines is 1. The van der Waals surface area contributed by atoms with Crippen molar-refractivity contribution in [1.82, 2.24) is 0 Å². The summed E-state index contributed by atoms with van der Waals surface area (Å²) in [5.41, 5.74) is 8.54. The van der Waals surface area contributed by atoms with Crippen LogP contribution in [0.25, 0.3) is 0 Å². The van der Waals surface area contributed by atoms with Gasteiger partial charge in [0.05, 0.1) is 0 Å². The topological polar surface area (TPSA) is 87.7 Å². The Morgan fingerprint density at radius 1 is 1.35 bits per heavy atom. The van der Waals surface area contributed by atoms with Crippen LogP contribution in [0.1, 0.15) is 37.0 Å². The van der Waals surface area contributed by atoms with Crippen LogP contribution in [0.4, 0.5) is 5.69 Å². The fraction of sp³-hybridized carbons (Fsp3) is 0.467. The summed E-state index contributed by atoms with van der Waals surface area (Å²) in [6, 6.07) is 4.02. The Balaban J connectivity index is 3.13. The number of amides is 1. The molecule has 4 N–H and O–H groups in total. The van der Waals surface area contributed by atoms with Crippen LogP contribution in [0.15, 0.2) is 17.3 Å². The largest absolute Gasteiger partial charge is 0.409 e. The van der Waals surface area contributed by atoms with E-state index in [9.17, 15) is 4.79 Å². The van der Waals surface area contributed by atoms with Crippen molar-refractivity contribution in [1.29, 1.82) is 0 Å². The Hall–Kier alpha value is -2.04. The predicted octanol–water partition coefficient (Wildman–Crippen LogP) is 2.71. The fourth-order valence-electron chi connectivity index (χ4n) is 2.20. The summed E-state index contributed by atoms with van der Waals surface area (Å²) < 4.78 is 0. The minimum atomic E-state index is -1.03. The van der Waals surface area contributed by atoms with E-state index in [1.165, 1.54) is 0 Å². The first kappa shape index (κ1) is 16.0. The highest BCUT2D eigenvalue weighted by molar-refractivity contribution is 6.11. The third-order valence-corrected chi connectivity index (χ3v) is 3.80. The molecule has 1 amide bonds. The molecule has 1 aromatic rings. The molecule has 20 heavy (non-hydrogen) atoms. The molecular weight excluding hydrogens is 254 g/mol. The Morgan fingerprint density at radius 3 is 2.25 bits per heavy atom. The molecule has 1 rings (SSSR count). The van der Waals surface area contributed by atoms with E-state index in [1.807, 2.05) is 39.8 Å². The number of rotatable bonds is 4. The molecular formula is C15H23N3O2. The number of nitrogens with one attached hydrogen (secondary N) is 1. The molecule has 0 fully saturated rings. The summed E-state index contributed by atoms with van der Waals surface area (Å²) in [5.74, 6) is -0.356. The van der Waals surface area contributed by atoms with E-state index < -0.39 is 5.41 Å². The Kier molecular flexibility index (Phi) is 4.76. The molecule has 0 aliphatic carbocycles. The molecule has 0 aromatic heterocycles. The van der Waals surface area contributed by atoms with Crippen molar-refractivity contribution >= 4 is 17.4 Å². The summed E-state index contributed by atoms with van der Waals surface area (Å²) in [6.07, 6.45) is 0.443. The fourth-order valence-corrected chi connectivity index (χ4v) is 2.20. The normalized spacial score (nSPS) is 14.8. The number of carbonyl (C=O) groups excluding carboxylic acids is 1. The molecule has 5 nitrogen and oxygen atoms in total. The van der Waals surface area contributed by atoms with Gasteiger partial charge in [-0.15, -0.1) is 0 Å². The van der Waals surface area contributed by atoms with Crippen molar-refractivity contribution < 1.29 is 10.0 Å². The summed E-state index contributed by atoms with van der Waals surface area (Å²) >= 11 is 0. The first-order valence-corrected chi connectivity index (χ1v) is 6.63. The molecule has 1 aromatic carbocycles. The van der Waals surface area contributed by atoms with Gasteiger partial charge in [-0.05, 0) is 45.2 Å². The first-order valence-electron chi connectivity index (χ1n) is 6.63. The maximum absolute atomic E-state index is 12.5. The van der Waals surface area contributed by atoms with Gasteiger partial charge in [-0.3, -0.25) is 4.79 Å². The van der Waals surface area contributed by atoms with E-state index >= 15 is 0 Å². The third-order valence-electron chi connectivity index (χ3n) is 3.80. The number of nitrogens with two attached hydrogens (primary N) is 1. The molecule has 0 radical (unpaired) electrons. The van der Waals surface area contributed by atoms with E-state index in [0.29, 0.717) is 6.42 Å². The lowest BCUT2D eigenvalue weighted by molar-refractivity contribution is -0.121. The molecule has 0 aliphatic heterocycles. The molecule has 110 valence electrons. The van der Waals surface area contributed by atoms with Crippen LogP contribution < -0.4 is 11.1 Å². The average molecular weight is 277 g/mol. The van der Waals surface area contributed by atoms with E-state index in [2.05, 4.69) is 10.5 Å². The third kappa shape index (κ3) is 2.92. The van der Waals surface area contributed by atoms with Gasteiger partial charge in [0.2, 0.25) is 5.91 Å². The van der Waals surface area contributed by atoms with E-state index in [-0.39, 0.29) is 11.7 Å². The maximum Gasteiger partial charge on any atom is 0.238 e. The molecule has 0 saturated heterocycles. The van der Waals surface area contributed by atoms with Crippen molar-refractivity contribution in [2.45, 2.75) is 41.0 Å². The van der Waals surface area contributed by atoms with Gasteiger partial charge >= 0.3 is 0 Å². The van der Waals surface area contributed by atoms with Gasteiger partial charge < -0.3 is 16.3 Å². The van der Waals surface area contributed by atoms with E-state index in [1.54, 1.807) is 6.92 Å². The second-order valence-corrected chi connectivity index (χ2v) is 5.40. The average Bonchev–Trinajstić information content (AvgIpc) is 2.40. The van der Waals surface area contributed by atoms with Gasteiger partial charge in [-0.2, -0.15) is 0 Å². The second kappa shape index (κ2) is 5.94. The molecule has 0 bridgehead atoms. The monoisotopic (exact) mass is 277 g/mol. The van der Waals surface area contributed by atoms with Crippen LogP contribution in [0.5, 0.6) is 0 Å². The molecule has 5 heteroatoms. The lowest BCUT2D eigenvalue weighted by Crippen LogP contribution is -2.44. The second-order valence-electron chi connectivity index (χ2n) is 5.40. The zero-order valence-electron chi connectivity index (χ0n) is 12.7. The maximum atomic E-state index is 12.5. The van der Waals surface area contributed by atoms with Crippen molar-refractivity contribution in [2.24, 2.45) is 16.3 Å². The quantitative estimate of drug-likeness (QED) is 0.342. The van der Waals surface area contributed by atoms with E-state index in [0.717, 1.165) is 22.4 Å². The van der Waals surface area contributed by atoms with Gasteiger partial charge in [-0.25, -0.2) is 0 Å². The zero-order valence-corrected chi connectivity index (χ0v) is 12.7. The Labute approximate surface area is 119 Å². The molecule has 0 spiro atoms. The highest BCUT2D eigenvalue weighted by atomic mass is 16.4. The standard InChI is InChI=1S/C15H23N3O2/c1-6-15(5,13(16)18-20)14(19)17-12-10(3)7-9(2)8-11(12)4/h7-8,20H,6H2,1-5H3,(H2,16,18)(H,17,19). The van der Waals surface area contributed by atoms with Gasteiger partial charge in [0.1, 0.15) is 5.41 Å². The number of amidine groups is 1. The number of nitrogens with zero attached hydrogens (tertiary/aromatic N) is 1. The molecule has 1 unspecified atom stereocenters. The lowest BCUT2D eigenvalue weighted by Gasteiger charge is -2.26. The van der Waals surface area contributed by atoms with Crippen LogP contribution in [0, 0.1) is 26.2 Å². The van der Waals surface area contributed by atoms with Crippen LogP contribution in [0.2, 0.25) is 0 Å². The van der Waals surface area contributed by atoms with Crippen molar-refractivity contribution in [3.05, 3.63) is 28.8 Å². The molecule has 0 saturated carbocycles. The SMILES string of the molecule is CCC(C)(C(=O)Nc1c(C)cc(C)cc1C)C(N)=NO. The van der Waals surface area contributed by atoms with Crippen LogP contribution in [0.3, 0.4) is 0 Å². The summed E-state index contributed by atoms with van der Waals surface area (Å²) in [7, 11) is 0. The predicted molar refractivity (Wildman–Crippen MR) is 81.1 cm³/mol. The minimum absolute atomic E-state index is 0.0834. The molecule has 0 aliphatic rings. The van der Waals surface area contributed by atoms with Gasteiger partial charge in [0.15, 0.2) is 5.84 Å². The molecule has 1 atom stereocenters. The highest BCUT2D eigenvalue weighted by Crippen LogP contribution is 2.27. The molecule has 0 heterocycles. The highest BCUT2D eigenvalue weighted by Gasteiger charge is 2.36. The minimum Gasteiger partial charge on any atom is -0.409 e. The Bertz CT molecular complexity index is 529. The summed E-state index contributed by atoms with van der Waals surface area (Å²) in [6.45, 7) is 9.39.